The van der Waals surface area contributed by atoms with Gasteiger partial charge in [-0.3, -0.25) is 24.0 Å². The first kappa shape index (κ1) is 40.2. The topological polar surface area (TPSA) is 237 Å². The molecule has 0 bridgehead atoms. The Kier molecular flexibility index (Phi) is 13.1. The molecule has 16 nitrogen and oxygen atoms in total. The number of benzene rings is 1. The van der Waals surface area contributed by atoms with E-state index in [0.29, 0.717) is 38.6 Å². The van der Waals surface area contributed by atoms with Gasteiger partial charge in [0.2, 0.25) is 29.4 Å². The number of nitrogens with one attached hydrogen (secondary N) is 3. The molecule has 0 aliphatic carbocycles. The van der Waals surface area contributed by atoms with E-state index in [2.05, 4.69) is 31.1 Å². The average Bonchev–Trinajstić information content (AvgIpc) is 3.78. The highest BCUT2D eigenvalue weighted by Gasteiger charge is 2.40. The van der Waals surface area contributed by atoms with Crippen LogP contribution in [-0.2, 0) is 14.4 Å². The highest BCUT2D eigenvalue weighted by atomic mass is 16.4. The zero-order chi connectivity index (χ0) is 39.0. The predicted octanol–water partition coefficient (Wildman–Crippen LogP) is 3.47. The number of carbonyl (C=O) groups is 5. The number of aromatic hydroxyl groups is 3. The Balaban J connectivity index is 1.32. The molecule has 3 aromatic rings. The Bertz CT molecular complexity index is 1770. The molecule has 6 N–H and O–H groups in total. The number of amides is 4. The van der Waals surface area contributed by atoms with Gasteiger partial charge in [0.25, 0.3) is 11.8 Å². The van der Waals surface area contributed by atoms with Gasteiger partial charge in [0.05, 0.1) is 12.2 Å². The van der Waals surface area contributed by atoms with E-state index in [0.717, 1.165) is 6.07 Å². The summed E-state index contributed by atoms with van der Waals surface area (Å²) in [7, 11) is 0. The first-order valence-corrected chi connectivity index (χ1v) is 17.7. The van der Waals surface area contributed by atoms with Crippen LogP contribution in [0.25, 0.3) is 11.5 Å². The molecule has 1 aromatic carbocycles. The van der Waals surface area contributed by atoms with Crippen molar-refractivity contribution in [2.75, 3.05) is 6.54 Å². The number of unbranched alkanes of at least 4 members (excludes halogenated alkanes) is 1. The van der Waals surface area contributed by atoms with E-state index in [1.165, 1.54) is 35.4 Å². The van der Waals surface area contributed by atoms with E-state index < -0.39 is 41.3 Å². The van der Waals surface area contributed by atoms with E-state index in [4.69, 9.17) is 4.42 Å². The zero-order valence-corrected chi connectivity index (χ0v) is 30.9. The number of likely N-dealkylation sites (tertiary alicyclic amines) is 1. The number of phenolic OH excluding ortho intramolecular Hbond substituents is 2. The fourth-order valence-corrected chi connectivity index (χ4v) is 6.12. The van der Waals surface area contributed by atoms with Crippen molar-refractivity contribution in [3.63, 3.8) is 0 Å². The minimum atomic E-state index is -1.06. The third-order valence-corrected chi connectivity index (χ3v) is 9.01. The lowest BCUT2D eigenvalue weighted by Crippen LogP contribution is -2.57. The average molecular weight is 736 g/mol. The molecule has 1 aliphatic heterocycles. The fraction of sp³-hybridized carbons (Fsp3) is 0.514. The molecular weight excluding hydrogens is 686 g/mol. The summed E-state index contributed by atoms with van der Waals surface area (Å²) in [4.78, 5) is 71.9. The van der Waals surface area contributed by atoms with Crippen molar-refractivity contribution in [2.24, 2.45) is 11.8 Å². The van der Waals surface area contributed by atoms with E-state index in [1.54, 1.807) is 13.8 Å². The molecule has 4 amide bonds. The van der Waals surface area contributed by atoms with Crippen LogP contribution in [0.3, 0.4) is 0 Å². The Morgan fingerprint density at radius 1 is 0.906 bits per heavy atom. The largest absolute Gasteiger partial charge is 0.508 e. The van der Waals surface area contributed by atoms with Gasteiger partial charge in [-0.1, -0.05) is 34.1 Å². The fourth-order valence-electron chi connectivity index (χ4n) is 6.12. The van der Waals surface area contributed by atoms with Crippen LogP contribution in [0.5, 0.6) is 17.2 Å². The summed E-state index contributed by atoms with van der Waals surface area (Å²) in [5.41, 5.74) is -0.209. The van der Waals surface area contributed by atoms with Gasteiger partial charge >= 0.3 is 0 Å². The number of Topliss-reactive ketones (excluding diaryl/α,β-unsaturated/α-hetero) is 1. The molecule has 16 heteroatoms. The molecule has 3 atom stereocenters. The second-order valence-electron chi connectivity index (χ2n) is 14.7. The molecule has 0 saturated carbocycles. The van der Waals surface area contributed by atoms with Gasteiger partial charge in [-0.2, -0.15) is 0 Å². The third kappa shape index (κ3) is 10.7. The molecule has 0 radical (unpaired) electrons. The summed E-state index contributed by atoms with van der Waals surface area (Å²) in [6.07, 6.45) is 4.00. The molecule has 3 heterocycles. The normalized spacial score (nSPS) is 15.6. The third-order valence-electron chi connectivity index (χ3n) is 9.01. The molecule has 4 rings (SSSR count). The van der Waals surface area contributed by atoms with Crippen molar-refractivity contribution >= 4 is 29.4 Å². The maximum absolute atomic E-state index is 13.8. The van der Waals surface area contributed by atoms with Crippen molar-refractivity contribution in [1.29, 1.82) is 0 Å². The number of rotatable bonds is 16. The van der Waals surface area contributed by atoms with Gasteiger partial charge in [0.1, 0.15) is 35.0 Å². The summed E-state index contributed by atoms with van der Waals surface area (Å²) in [6, 6.07) is 3.71. The number of hydrogen-bond acceptors (Lipinski definition) is 12. The standard InChI is InChI=1S/C37H49N7O9/c1-20(2)29(31(49)35-43-42-34(53-35)22-16-24(46)18-25(47)17-22)40-33(51)27-10-9-15-44(27)36(52)30(21(3)4)39-28(48)11-7-8-14-37(5,6)41-32(50)26-13-12-23(45)19-38-26/h12-13,16-21,27,29-30,45-47H,7-11,14-15H2,1-6H3,(H,39,48)(H,40,51)(H,41,50). The van der Waals surface area contributed by atoms with Crippen LogP contribution in [-0.4, -0.2) is 95.0 Å². The van der Waals surface area contributed by atoms with E-state index >= 15 is 0 Å². The van der Waals surface area contributed by atoms with Gasteiger partial charge in [0.15, 0.2) is 0 Å². The smallest absolute Gasteiger partial charge is 0.286 e. The minimum absolute atomic E-state index is 0.0380. The SMILES string of the molecule is CC(C)C(NC(=O)C1CCCN1C(=O)C(NC(=O)CCCCC(C)(C)NC(=O)c1ccc(O)cn1)C(C)C)C(=O)c1nnc(-c2cc(O)cc(O)c2)o1. The van der Waals surface area contributed by atoms with Gasteiger partial charge < -0.3 is 40.6 Å². The number of carbonyl (C=O) groups excluding carboxylic acids is 5. The van der Waals surface area contributed by atoms with Crippen LogP contribution in [0, 0.1) is 11.8 Å². The van der Waals surface area contributed by atoms with Crippen molar-refractivity contribution in [1.82, 2.24) is 36.0 Å². The van der Waals surface area contributed by atoms with E-state index in [9.17, 15) is 39.3 Å². The Labute approximate surface area is 307 Å². The van der Waals surface area contributed by atoms with Crippen LogP contribution in [0.15, 0.2) is 40.9 Å². The van der Waals surface area contributed by atoms with E-state index in [1.807, 2.05) is 27.7 Å². The lowest BCUT2D eigenvalue weighted by atomic mass is 9.96. The quantitative estimate of drug-likeness (QED) is 0.0916. The Morgan fingerprint density at radius 3 is 2.21 bits per heavy atom. The van der Waals surface area contributed by atoms with Gasteiger partial charge in [0, 0.05) is 30.1 Å². The summed E-state index contributed by atoms with van der Waals surface area (Å²) in [5, 5.41) is 45.2. The first-order chi connectivity index (χ1) is 25.0. The Hall–Kier alpha value is -5.54. The second kappa shape index (κ2) is 17.3. The summed E-state index contributed by atoms with van der Waals surface area (Å²) < 4.78 is 5.54. The number of ketones is 1. The summed E-state index contributed by atoms with van der Waals surface area (Å²) in [5.74, 6) is -3.89. The molecule has 1 saturated heterocycles. The molecule has 1 fully saturated rings. The first-order valence-electron chi connectivity index (χ1n) is 17.7. The van der Waals surface area contributed by atoms with E-state index in [-0.39, 0.29) is 70.3 Å². The van der Waals surface area contributed by atoms with Crippen LogP contribution in [0.4, 0.5) is 0 Å². The Morgan fingerprint density at radius 2 is 1.58 bits per heavy atom. The van der Waals surface area contributed by atoms with Crippen LogP contribution in [0.1, 0.15) is 101 Å². The van der Waals surface area contributed by atoms with Crippen molar-refractivity contribution in [3.8, 4) is 28.7 Å². The highest BCUT2D eigenvalue weighted by Crippen LogP contribution is 2.28. The van der Waals surface area contributed by atoms with Gasteiger partial charge in [-0.05, 0) is 75.6 Å². The minimum Gasteiger partial charge on any atom is -0.508 e. The summed E-state index contributed by atoms with van der Waals surface area (Å²) in [6.45, 7) is 11.1. The molecule has 286 valence electrons. The molecule has 0 spiro atoms. The predicted molar refractivity (Wildman–Crippen MR) is 192 cm³/mol. The lowest BCUT2D eigenvalue weighted by molar-refractivity contribution is -0.142. The van der Waals surface area contributed by atoms with Crippen LogP contribution < -0.4 is 16.0 Å². The molecule has 2 aromatic heterocycles. The molecule has 3 unspecified atom stereocenters. The number of phenols is 2. The highest BCUT2D eigenvalue weighted by molar-refractivity contribution is 6.00. The number of hydrogen-bond donors (Lipinski definition) is 6. The van der Waals surface area contributed by atoms with Crippen LogP contribution in [0.2, 0.25) is 0 Å². The van der Waals surface area contributed by atoms with Crippen molar-refractivity contribution < 1.29 is 43.7 Å². The van der Waals surface area contributed by atoms with Crippen molar-refractivity contribution in [2.45, 2.75) is 104 Å². The van der Waals surface area contributed by atoms with Gasteiger partial charge in [-0.25, -0.2) is 4.98 Å². The summed E-state index contributed by atoms with van der Waals surface area (Å²) >= 11 is 0. The number of pyridine rings is 1. The molecule has 1 aliphatic rings. The van der Waals surface area contributed by atoms with Gasteiger partial charge in [-0.15, -0.1) is 10.2 Å². The van der Waals surface area contributed by atoms with Crippen molar-refractivity contribution in [3.05, 3.63) is 48.1 Å². The van der Waals surface area contributed by atoms with Crippen LogP contribution >= 0.6 is 0 Å². The number of nitrogens with zero attached hydrogens (tertiary/aromatic N) is 4. The lowest BCUT2D eigenvalue weighted by Gasteiger charge is -2.31. The maximum atomic E-state index is 13.8. The maximum Gasteiger partial charge on any atom is 0.286 e. The molecule has 53 heavy (non-hydrogen) atoms. The second-order valence-corrected chi connectivity index (χ2v) is 14.7. The monoisotopic (exact) mass is 735 g/mol. The zero-order valence-electron chi connectivity index (χ0n) is 30.9. The molecular formula is C37H49N7O9. The number of aromatic nitrogens is 3.